The van der Waals surface area contributed by atoms with Crippen LogP contribution in [0.2, 0.25) is 0 Å². The summed E-state index contributed by atoms with van der Waals surface area (Å²) in [5.41, 5.74) is 3.79. The van der Waals surface area contributed by atoms with Crippen LogP contribution in [-0.2, 0) is 11.8 Å². The lowest BCUT2D eigenvalue weighted by Gasteiger charge is -2.12. The molecule has 0 unspecified atom stereocenters. The van der Waals surface area contributed by atoms with Gasteiger partial charge < -0.3 is 18.8 Å². The van der Waals surface area contributed by atoms with E-state index in [9.17, 15) is 4.79 Å². The second-order valence-corrected chi connectivity index (χ2v) is 6.62. The van der Waals surface area contributed by atoms with Crippen LogP contribution in [0.4, 0.5) is 0 Å². The maximum Gasteiger partial charge on any atom is 0.356 e. The lowest BCUT2D eigenvalue weighted by atomic mass is 10.1. The monoisotopic (exact) mass is 390 g/mol. The number of hydrogen-bond acceptors (Lipinski definition) is 5. The van der Waals surface area contributed by atoms with Crippen molar-refractivity contribution in [3.8, 4) is 22.8 Å². The van der Waals surface area contributed by atoms with Crippen molar-refractivity contribution in [2.45, 2.75) is 6.92 Å². The highest BCUT2D eigenvalue weighted by Crippen LogP contribution is 2.38. The Kier molecular flexibility index (Phi) is 4.84. The summed E-state index contributed by atoms with van der Waals surface area (Å²) in [5, 5.41) is 2.01. The molecule has 0 atom stereocenters. The molecule has 0 aliphatic carbocycles. The molecule has 4 rings (SSSR count). The predicted octanol–water partition coefficient (Wildman–Crippen LogP) is 4.59. The number of aryl methyl sites for hydroxylation is 1. The highest BCUT2D eigenvalue weighted by atomic mass is 16.5. The normalized spacial score (nSPS) is 11.0. The summed E-state index contributed by atoms with van der Waals surface area (Å²) < 4.78 is 18.1. The maximum atomic E-state index is 12.5. The van der Waals surface area contributed by atoms with Gasteiger partial charge in [-0.3, -0.25) is 0 Å². The van der Waals surface area contributed by atoms with Gasteiger partial charge in [0.15, 0.2) is 11.5 Å². The van der Waals surface area contributed by atoms with Crippen molar-refractivity contribution in [3.63, 3.8) is 0 Å². The van der Waals surface area contributed by atoms with E-state index < -0.39 is 5.97 Å². The van der Waals surface area contributed by atoms with E-state index in [1.54, 1.807) is 27.2 Å². The zero-order chi connectivity index (χ0) is 20.5. The summed E-state index contributed by atoms with van der Waals surface area (Å²) in [6.07, 6.45) is 0. The van der Waals surface area contributed by atoms with Crippen molar-refractivity contribution < 1.29 is 19.0 Å². The molecule has 0 saturated carbocycles. The van der Waals surface area contributed by atoms with Crippen LogP contribution < -0.4 is 9.47 Å². The van der Waals surface area contributed by atoms with E-state index in [1.807, 2.05) is 43.4 Å². The van der Waals surface area contributed by atoms with Crippen molar-refractivity contribution in [1.82, 2.24) is 9.55 Å². The van der Waals surface area contributed by atoms with Gasteiger partial charge in [0.25, 0.3) is 0 Å². The number of carbonyl (C=O) groups is 1. The number of esters is 1. The number of fused-ring (bicyclic) bond motifs is 3. The number of methoxy groups -OCH3 is 2. The predicted molar refractivity (Wildman–Crippen MR) is 113 cm³/mol. The van der Waals surface area contributed by atoms with Gasteiger partial charge in [-0.05, 0) is 37.3 Å². The summed E-state index contributed by atoms with van der Waals surface area (Å²) >= 11 is 0. The van der Waals surface area contributed by atoms with E-state index in [2.05, 4.69) is 15.6 Å². The molecule has 148 valence electrons. The van der Waals surface area contributed by atoms with Crippen LogP contribution >= 0.6 is 0 Å². The summed E-state index contributed by atoms with van der Waals surface area (Å²) in [7, 11) is 5.19. The molecule has 29 heavy (non-hydrogen) atoms. The number of rotatable bonds is 5. The average molecular weight is 390 g/mol. The van der Waals surface area contributed by atoms with Gasteiger partial charge in [0, 0.05) is 28.9 Å². The molecule has 0 radical (unpaired) electrons. The van der Waals surface area contributed by atoms with Crippen LogP contribution in [0.1, 0.15) is 17.4 Å². The Morgan fingerprint density at radius 2 is 1.76 bits per heavy atom. The van der Waals surface area contributed by atoms with Crippen LogP contribution in [-0.4, -0.2) is 36.3 Å². The minimum Gasteiger partial charge on any atom is -0.493 e. The zero-order valence-electron chi connectivity index (χ0n) is 16.9. The molecule has 2 aromatic heterocycles. The standard InChI is InChI=1S/C23H22N2O4/c1-5-29-23(26)17-13-16-15-8-6-7-9-18(15)25(2)22(16)21(24-17)14-10-11-19(27-3)20(12-14)28-4/h6-13H,5H2,1-4H3. The van der Waals surface area contributed by atoms with Crippen LogP contribution in [0, 0.1) is 0 Å². The first-order valence-corrected chi connectivity index (χ1v) is 9.36. The van der Waals surface area contributed by atoms with Crippen LogP contribution in [0.15, 0.2) is 48.5 Å². The van der Waals surface area contributed by atoms with E-state index in [1.165, 1.54) is 0 Å². The minimum atomic E-state index is -0.441. The van der Waals surface area contributed by atoms with Crippen molar-refractivity contribution in [2.75, 3.05) is 20.8 Å². The summed E-state index contributed by atoms with van der Waals surface area (Å²) in [5.74, 6) is 0.787. The average Bonchev–Trinajstić information content (AvgIpc) is 3.05. The number of aromatic nitrogens is 2. The lowest BCUT2D eigenvalue weighted by Crippen LogP contribution is -2.08. The van der Waals surface area contributed by atoms with Gasteiger partial charge in [0.1, 0.15) is 5.69 Å². The lowest BCUT2D eigenvalue weighted by molar-refractivity contribution is 0.0520. The van der Waals surface area contributed by atoms with Crippen molar-refractivity contribution in [3.05, 3.63) is 54.2 Å². The van der Waals surface area contributed by atoms with Gasteiger partial charge in [0.05, 0.1) is 32.0 Å². The van der Waals surface area contributed by atoms with E-state index in [0.717, 1.165) is 27.4 Å². The summed E-state index contributed by atoms with van der Waals surface area (Å²) in [4.78, 5) is 17.2. The molecule has 6 heteroatoms. The Labute approximate surface area is 168 Å². The molecule has 0 spiro atoms. The number of nitrogens with zero attached hydrogens (tertiary/aromatic N) is 2. The van der Waals surface area contributed by atoms with Crippen molar-refractivity contribution >= 4 is 27.8 Å². The number of carbonyl (C=O) groups excluding carboxylic acids is 1. The smallest absolute Gasteiger partial charge is 0.356 e. The molecule has 6 nitrogen and oxygen atoms in total. The molecule has 0 fully saturated rings. The molecular weight excluding hydrogens is 368 g/mol. The Bertz CT molecular complexity index is 1230. The first kappa shape index (κ1) is 18.8. The number of para-hydroxylation sites is 1. The fourth-order valence-electron chi connectivity index (χ4n) is 3.69. The first-order valence-electron chi connectivity index (χ1n) is 9.36. The quantitative estimate of drug-likeness (QED) is 0.467. The molecule has 0 N–H and O–H groups in total. The minimum absolute atomic E-state index is 0.278. The van der Waals surface area contributed by atoms with Gasteiger partial charge in [0.2, 0.25) is 0 Å². The van der Waals surface area contributed by atoms with Gasteiger partial charge in [-0.2, -0.15) is 0 Å². The highest BCUT2D eigenvalue weighted by molar-refractivity contribution is 6.13. The van der Waals surface area contributed by atoms with Crippen molar-refractivity contribution in [2.24, 2.45) is 7.05 Å². The second kappa shape index (κ2) is 7.47. The molecule has 2 aromatic carbocycles. The zero-order valence-corrected chi connectivity index (χ0v) is 16.9. The largest absolute Gasteiger partial charge is 0.493 e. The van der Waals surface area contributed by atoms with Crippen LogP contribution in [0.5, 0.6) is 11.5 Å². The van der Waals surface area contributed by atoms with E-state index in [4.69, 9.17) is 14.2 Å². The summed E-state index contributed by atoms with van der Waals surface area (Å²) in [6.45, 7) is 2.07. The third kappa shape index (κ3) is 3.06. The van der Waals surface area contributed by atoms with Crippen LogP contribution in [0.25, 0.3) is 33.1 Å². The Balaban J connectivity index is 2.07. The molecule has 0 aliphatic heterocycles. The number of ether oxygens (including phenoxy) is 3. The fraction of sp³-hybridized carbons (Fsp3) is 0.217. The number of hydrogen-bond donors (Lipinski definition) is 0. The van der Waals surface area contributed by atoms with Gasteiger partial charge >= 0.3 is 5.97 Å². The van der Waals surface area contributed by atoms with E-state index in [0.29, 0.717) is 23.8 Å². The fourth-order valence-corrected chi connectivity index (χ4v) is 3.69. The van der Waals surface area contributed by atoms with Gasteiger partial charge in [-0.1, -0.05) is 18.2 Å². The Morgan fingerprint density at radius 1 is 1.00 bits per heavy atom. The van der Waals surface area contributed by atoms with Gasteiger partial charge in [-0.25, -0.2) is 9.78 Å². The maximum absolute atomic E-state index is 12.5. The van der Waals surface area contributed by atoms with Gasteiger partial charge in [-0.15, -0.1) is 0 Å². The Hall–Kier alpha value is -3.54. The van der Waals surface area contributed by atoms with E-state index >= 15 is 0 Å². The third-order valence-corrected chi connectivity index (χ3v) is 5.03. The summed E-state index contributed by atoms with van der Waals surface area (Å²) in [6, 6.07) is 15.5. The highest BCUT2D eigenvalue weighted by Gasteiger charge is 2.20. The molecule has 0 amide bonds. The first-order chi connectivity index (χ1) is 14.1. The second-order valence-electron chi connectivity index (χ2n) is 6.62. The number of pyridine rings is 1. The van der Waals surface area contributed by atoms with Crippen LogP contribution in [0.3, 0.4) is 0 Å². The molecule has 4 aromatic rings. The van der Waals surface area contributed by atoms with E-state index in [-0.39, 0.29) is 5.69 Å². The third-order valence-electron chi connectivity index (χ3n) is 5.03. The van der Waals surface area contributed by atoms with Crippen molar-refractivity contribution in [1.29, 1.82) is 0 Å². The molecule has 2 heterocycles. The molecule has 0 aliphatic rings. The molecule has 0 saturated heterocycles. The Morgan fingerprint density at radius 3 is 2.48 bits per heavy atom. The molecular formula is C23H22N2O4. The SMILES string of the molecule is CCOC(=O)c1cc2c3ccccc3n(C)c2c(-c2ccc(OC)c(OC)c2)n1. The number of benzene rings is 2. The topological polar surface area (TPSA) is 62.6 Å². The molecule has 0 bridgehead atoms.